The number of hydrazone groups is 1. The molecule has 0 saturated carbocycles. The normalized spacial score (nSPS) is 10.6. The molecule has 1 aromatic heterocycles. The number of phenols is 1. The fourth-order valence-electron chi connectivity index (χ4n) is 1.54. The largest absolute Gasteiger partial charge is 0.504 e. The van der Waals surface area contributed by atoms with Gasteiger partial charge >= 0.3 is 11.8 Å². The molecule has 0 bridgehead atoms. The minimum absolute atomic E-state index is 0.0217. The molecule has 1 aromatic carbocycles. The summed E-state index contributed by atoms with van der Waals surface area (Å²) in [4.78, 5) is 21.3. The van der Waals surface area contributed by atoms with E-state index < -0.39 is 16.7 Å². The average Bonchev–Trinajstić information content (AvgIpc) is 2.99. The Bertz CT molecular complexity index is 737. The lowest BCUT2D eigenvalue weighted by molar-refractivity contribution is -0.402. The summed E-state index contributed by atoms with van der Waals surface area (Å²) in [5.41, 5.74) is 2.73. The van der Waals surface area contributed by atoms with E-state index in [4.69, 9.17) is 9.15 Å². The van der Waals surface area contributed by atoms with Crippen LogP contribution in [0.2, 0.25) is 0 Å². The van der Waals surface area contributed by atoms with Crippen LogP contribution in [0, 0.1) is 10.1 Å². The van der Waals surface area contributed by atoms with Crippen LogP contribution in [0.15, 0.2) is 39.9 Å². The van der Waals surface area contributed by atoms with Gasteiger partial charge in [-0.3, -0.25) is 14.9 Å². The summed E-state index contributed by atoms with van der Waals surface area (Å²) in [6.07, 6.45) is 1.32. The van der Waals surface area contributed by atoms with E-state index in [-0.39, 0.29) is 17.3 Å². The third-order valence-electron chi connectivity index (χ3n) is 2.58. The van der Waals surface area contributed by atoms with Gasteiger partial charge in [-0.25, -0.2) is 5.43 Å². The Morgan fingerprint density at radius 3 is 2.86 bits per heavy atom. The Morgan fingerprint density at radius 2 is 2.23 bits per heavy atom. The van der Waals surface area contributed by atoms with Crippen molar-refractivity contribution in [3.63, 3.8) is 0 Å². The molecule has 0 aliphatic rings. The first-order valence-electron chi connectivity index (χ1n) is 5.96. The summed E-state index contributed by atoms with van der Waals surface area (Å²) in [7, 11) is 1.40. The van der Waals surface area contributed by atoms with Gasteiger partial charge in [0.2, 0.25) is 5.76 Å². The van der Waals surface area contributed by atoms with E-state index in [9.17, 15) is 20.0 Å². The van der Waals surface area contributed by atoms with E-state index in [0.717, 1.165) is 6.07 Å². The van der Waals surface area contributed by atoms with Gasteiger partial charge < -0.3 is 14.3 Å². The van der Waals surface area contributed by atoms with Crippen molar-refractivity contribution in [2.75, 3.05) is 7.11 Å². The number of phenolic OH excluding ortho intramolecular Hbond substituents is 1. The van der Waals surface area contributed by atoms with Crippen LogP contribution in [0.5, 0.6) is 11.5 Å². The number of hydrogen-bond donors (Lipinski definition) is 2. The molecule has 0 fully saturated rings. The number of carbonyl (C=O) groups is 1. The quantitative estimate of drug-likeness (QED) is 0.491. The number of hydrogen-bond acceptors (Lipinski definition) is 7. The first-order valence-corrected chi connectivity index (χ1v) is 5.96. The van der Waals surface area contributed by atoms with Gasteiger partial charge in [0.1, 0.15) is 4.92 Å². The zero-order chi connectivity index (χ0) is 16.1. The highest BCUT2D eigenvalue weighted by atomic mass is 16.6. The van der Waals surface area contributed by atoms with Crippen LogP contribution in [0.25, 0.3) is 0 Å². The van der Waals surface area contributed by atoms with Crippen LogP contribution in [0.4, 0.5) is 5.88 Å². The van der Waals surface area contributed by atoms with Gasteiger partial charge in [-0.05, 0) is 29.8 Å². The second-order valence-corrected chi connectivity index (χ2v) is 4.03. The predicted molar refractivity (Wildman–Crippen MR) is 75.1 cm³/mol. The predicted octanol–water partition coefficient (Wildman–Crippen LogP) is 1.67. The first-order chi connectivity index (χ1) is 10.5. The van der Waals surface area contributed by atoms with Crippen molar-refractivity contribution in [3.05, 3.63) is 51.8 Å². The topological polar surface area (TPSA) is 127 Å². The molecule has 0 aliphatic heterocycles. The van der Waals surface area contributed by atoms with E-state index in [1.807, 2.05) is 0 Å². The van der Waals surface area contributed by atoms with Gasteiger partial charge in [0.05, 0.1) is 19.4 Å². The molecule has 0 atom stereocenters. The molecule has 0 unspecified atom stereocenters. The summed E-state index contributed by atoms with van der Waals surface area (Å²) < 4.78 is 9.65. The van der Waals surface area contributed by atoms with E-state index in [2.05, 4.69) is 10.5 Å². The molecule has 0 aliphatic carbocycles. The Kier molecular flexibility index (Phi) is 4.37. The number of aromatic hydroxyl groups is 1. The van der Waals surface area contributed by atoms with Crippen molar-refractivity contribution in [2.45, 2.75) is 0 Å². The molecule has 2 rings (SSSR count). The van der Waals surface area contributed by atoms with E-state index in [0.29, 0.717) is 5.56 Å². The summed E-state index contributed by atoms with van der Waals surface area (Å²) >= 11 is 0. The molecule has 2 aromatic rings. The number of nitro groups is 1. The average molecular weight is 305 g/mol. The number of ether oxygens (including phenoxy) is 1. The molecule has 0 radical (unpaired) electrons. The number of rotatable bonds is 5. The number of nitrogens with zero attached hydrogens (tertiary/aromatic N) is 2. The molecule has 2 N–H and O–H groups in total. The number of benzene rings is 1. The molecule has 0 saturated heterocycles. The van der Waals surface area contributed by atoms with Crippen LogP contribution >= 0.6 is 0 Å². The van der Waals surface area contributed by atoms with Crippen LogP contribution in [0.3, 0.4) is 0 Å². The number of amides is 1. The van der Waals surface area contributed by atoms with Gasteiger partial charge in [0.15, 0.2) is 11.5 Å². The second kappa shape index (κ2) is 6.39. The van der Waals surface area contributed by atoms with Crippen LogP contribution < -0.4 is 10.2 Å². The van der Waals surface area contributed by atoms with Crippen molar-refractivity contribution in [1.29, 1.82) is 0 Å². The number of methoxy groups -OCH3 is 1. The fourth-order valence-corrected chi connectivity index (χ4v) is 1.54. The highest BCUT2D eigenvalue weighted by Gasteiger charge is 2.16. The Labute approximate surface area is 124 Å². The minimum atomic E-state index is -0.747. The van der Waals surface area contributed by atoms with Crippen molar-refractivity contribution in [1.82, 2.24) is 5.43 Å². The molecular formula is C13H11N3O6. The van der Waals surface area contributed by atoms with Gasteiger partial charge in [-0.15, -0.1) is 0 Å². The third-order valence-corrected chi connectivity index (χ3v) is 2.58. The molecule has 1 heterocycles. The Balaban J connectivity index is 2.02. The molecule has 9 heteroatoms. The zero-order valence-corrected chi connectivity index (χ0v) is 11.3. The van der Waals surface area contributed by atoms with Gasteiger partial charge in [-0.2, -0.15) is 5.10 Å². The monoisotopic (exact) mass is 305 g/mol. The standard InChI is InChI=1S/C13H11N3O6/c1-21-11-6-8(2-3-9(11)17)7-14-15-13(18)10-4-5-12(22-10)16(19)20/h2-7,17H,1H3,(H,15,18)/b14-7+. The first kappa shape index (κ1) is 15.0. The maximum Gasteiger partial charge on any atom is 0.433 e. The van der Waals surface area contributed by atoms with E-state index >= 15 is 0 Å². The van der Waals surface area contributed by atoms with E-state index in [1.54, 1.807) is 6.07 Å². The van der Waals surface area contributed by atoms with Crippen molar-refractivity contribution in [3.8, 4) is 11.5 Å². The fraction of sp³-hybridized carbons (Fsp3) is 0.0769. The molecule has 0 spiro atoms. The number of furan rings is 1. The zero-order valence-electron chi connectivity index (χ0n) is 11.3. The number of nitrogens with one attached hydrogen (secondary N) is 1. The lowest BCUT2D eigenvalue weighted by Crippen LogP contribution is -2.16. The second-order valence-electron chi connectivity index (χ2n) is 4.03. The maximum absolute atomic E-state index is 11.6. The lowest BCUT2D eigenvalue weighted by Gasteiger charge is -2.03. The Hall–Kier alpha value is -3.36. The molecule has 114 valence electrons. The highest BCUT2D eigenvalue weighted by Crippen LogP contribution is 2.25. The SMILES string of the molecule is COc1cc(/C=N/NC(=O)c2ccc([N+](=O)[O-])o2)ccc1O. The summed E-state index contributed by atoms with van der Waals surface area (Å²) in [5.74, 6) is -1.25. The molecule has 9 nitrogen and oxygen atoms in total. The van der Waals surface area contributed by atoms with Crippen molar-refractivity contribution < 1.29 is 24.0 Å². The highest BCUT2D eigenvalue weighted by molar-refractivity contribution is 5.92. The number of carbonyl (C=O) groups excluding carboxylic acids is 1. The Morgan fingerprint density at radius 1 is 1.45 bits per heavy atom. The van der Waals surface area contributed by atoms with Gasteiger partial charge in [0.25, 0.3) is 0 Å². The molecular weight excluding hydrogens is 294 g/mol. The van der Waals surface area contributed by atoms with Crippen molar-refractivity contribution >= 4 is 18.0 Å². The van der Waals surface area contributed by atoms with E-state index in [1.165, 1.54) is 31.5 Å². The maximum atomic E-state index is 11.6. The summed E-state index contributed by atoms with van der Waals surface area (Å²) in [6.45, 7) is 0. The third kappa shape index (κ3) is 3.39. The molecule has 1 amide bonds. The van der Waals surface area contributed by atoms with Gasteiger partial charge in [-0.1, -0.05) is 0 Å². The minimum Gasteiger partial charge on any atom is -0.504 e. The lowest BCUT2D eigenvalue weighted by atomic mass is 10.2. The molecule has 22 heavy (non-hydrogen) atoms. The summed E-state index contributed by atoms with van der Waals surface area (Å²) in [5, 5.41) is 23.6. The summed E-state index contributed by atoms with van der Waals surface area (Å²) in [6, 6.07) is 6.74. The van der Waals surface area contributed by atoms with Crippen LogP contribution in [-0.2, 0) is 0 Å². The van der Waals surface area contributed by atoms with Crippen molar-refractivity contribution in [2.24, 2.45) is 5.10 Å². The van der Waals surface area contributed by atoms with Crippen LogP contribution in [-0.4, -0.2) is 29.3 Å². The van der Waals surface area contributed by atoms with Crippen LogP contribution in [0.1, 0.15) is 16.1 Å². The smallest absolute Gasteiger partial charge is 0.433 e. The van der Waals surface area contributed by atoms with Gasteiger partial charge in [0, 0.05) is 0 Å².